The number of likely N-dealkylation sites (N-methyl/N-ethyl adjacent to an activating group) is 1. The maximum absolute atomic E-state index is 13.0. The minimum absolute atomic E-state index is 0.0419. The van der Waals surface area contributed by atoms with Gasteiger partial charge >= 0.3 is 0 Å². The number of benzene rings is 3. The van der Waals surface area contributed by atoms with Crippen LogP contribution in [0.4, 0.5) is 17.1 Å². The summed E-state index contributed by atoms with van der Waals surface area (Å²) in [5, 5.41) is 14.7. The molecule has 0 bridgehead atoms. The summed E-state index contributed by atoms with van der Waals surface area (Å²) in [6, 6.07) is 22.4. The second-order valence-electron chi connectivity index (χ2n) is 8.02. The van der Waals surface area contributed by atoms with Gasteiger partial charge in [0, 0.05) is 43.5 Å². The van der Waals surface area contributed by atoms with Crippen molar-refractivity contribution >= 4 is 23.0 Å². The quantitative estimate of drug-likeness (QED) is 0.469. The van der Waals surface area contributed by atoms with Crippen LogP contribution in [0, 0.1) is 10.1 Å². The van der Waals surface area contributed by atoms with E-state index < -0.39 is 4.92 Å². The van der Waals surface area contributed by atoms with Crippen LogP contribution in [0.3, 0.4) is 0 Å². The zero-order chi connectivity index (χ0) is 22.5. The standard InChI is InChI=1S/C25H26N4O3/c1-27-13-15-28(16-14-27)23-12-11-21(18-24(23)29(31)32)25(30)26-22-10-6-5-9-20(22)17-19-7-3-2-4-8-19/h2-12,18H,13-17H2,1H3,(H,26,30). The molecule has 3 aromatic carbocycles. The van der Waals surface area contributed by atoms with Crippen molar-refractivity contribution in [2.45, 2.75) is 6.42 Å². The molecule has 32 heavy (non-hydrogen) atoms. The van der Waals surface area contributed by atoms with Gasteiger partial charge in [0.2, 0.25) is 0 Å². The van der Waals surface area contributed by atoms with Crippen LogP contribution in [0.15, 0.2) is 72.8 Å². The highest BCUT2D eigenvalue weighted by molar-refractivity contribution is 6.05. The number of nitrogens with one attached hydrogen (secondary N) is 1. The molecule has 0 aliphatic carbocycles. The Balaban J connectivity index is 1.55. The first-order valence-electron chi connectivity index (χ1n) is 10.7. The fraction of sp³-hybridized carbons (Fsp3) is 0.240. The van der Waals surface area contributed by atoms with Crippen molar-refractivity contribution in [2.75, 3.05) is 43.4 Å². The largest absolute Gasteiger partial charge is 0.363 e. The number of carbonyl (C=O) groups excluding carboxylic acids is 1. The van der Waals surface area contributed by atoms with Gasteiger partial charge in [-0.3, -0.25) is 14.9 Å². The lowest BCUT2D eigenvalue weighted by atomic mass is 10.0. The van der Waals surface area contributed by atoms with E-state index >= 15 is 0 Å². The summed E-state index contributed by atoms with van der Waals surface area (Å²) < 4.78 is 0. The van der Waals surface area contributed by atoms with Crippen LogP contribution in [0.2, 0.25) is 0 Å². The second-order valence-corrected chi connectivity index (χ2v) is 8.02. The van der Waals surface area contributed by atoms with Crippen LogP contribution >= 0.6 is 0 Å². The molecule has 4 rings (SSSR count). The summed E-state index contributed by atoms with van der Waals surface area (Å²) in [6.07, 6.45) is 0.680. The van der Waals surface area contributed by atoms with Crippen molar-refractivity contribution in [2.24, 2.45) is 0 Å². The predicted octanol–water partition coefficient (Wildman–Crippen LogP) is 4.19. The van der Waals surface area contributed by atoms with Gasteiger partial charge in [-0.1, -0.05) is 48.5 Å². The molecule has 0 saturated carbocycles. The summed E-state index contributed by atoms with van der Waals surface area (Å²) in [4.78, 5) is 28.5. The molecule has 0 unspecified atom stereocenters. The molecule has 1 N–H and O–H groups in total. The molecule has 0 radical (unpaired) electrons. The van der Waals surface area contributed by atoms with Gasteiger partial charge in [0.05, 0.1) is 4.92 Å². The number of amides is 1. The van der Waals surface area contributed by atoms with Crippen molar-refractivity contribution in [3.8, 4) is 0 Å². The maximum atomic E-state index is 13.0. The first-order valence-corrected chi connectivity index (χ1v) is 10.7. The normalized spacial score (nSPS) is 14.2. The average molecular weight is 431 g/mol. The van der Waals surface area contributed by atoms with E-state index in [1.165, 1.54) is 6.07 Å². The zero-order valence-corrected chi connectivity index (χ0v) is 18.0. The Labute approximate surface area is 187 Å². The van der Waals surface area contributed by atoms with Crippen LogP contribution in [0.1, 0.15) is 21.5 Å². The minimum Gasteiger partial charge on any atom is -0.363 e. The SMILES string of the molecule is CN1CCN(c2ccc(C(=O)Nc3ccccc3Cc3ccccc3)cc2[N+](=O)[O-])CC1. The number of piperazine rings is 1. The average Bonchev–Trinajstić information content (AvgIpc) is 2.81. The van der Waals surface area contributed by atoms with Gasteiger partial charge in [0.1, 0.15) is 5.69 Å². The number of nitrogens with zero attached hydrogens (tertiary/aromatic N) is 3. The number of carbonyl (C=O) groups is 1. The molecule has 7 heteroatoms. The molecule has 164 valence electrons. The number of nitro benzene ring substituents is 1. The number of hydrogen-bond acceptors (Lipinski definition) is 5. The molecule has 0 atom stereocenters. The second kappa shape index (κ2) is 9.62. The Bertz CT molecular complexity index is 1110. The van der Waals surface area contributed by atoms with Crippen LogP contribution in [0.25, 0.3) is 0 Å². The molecule has 0 aromatic heterocycles. The lowest BCUT2D eigenvalue weighted by Crippen LogP contribution is -2.44. The third-order valence-electron chi connectivity index (χ3n) is 5.78. The predicted molar refractivity (Wildman–Crippen MR) is 126 cm³/mol. The van der Waals surface area contributed by atoms with Crippen molar-refractivity contribution in [3.63, 3.8) is 0 Å². The lowest BCUT2D eigenvalue weighted by molar-refractivity contribution is -0.384. The van der Waals surface area contributed by atoms with E-state index in [2.05, 4.69) is 10.2 Å². The fourth-order valence-corrected chi connectivity index (χ4v) is 3.93. The smallest absolute Gasteiger partial charge is 0.293 e. The van der Waals surface area contributed by atoms with Crippen LogP contribution < -0.4 is 10.2 Å². The van der Waals surface area contributed by atoms with Crippen molar-refractivity contribution in [3.05, 3.63) is 99.6 Å². The van der Waals surface area contributed by atoms with Gasteiger partial charge < -0.3 is 15.1 Å². The molecule has 1 saturated heterocycles. The fourth-order valence-electron chi connectivity index (χ4n) is 3.93. The molecule has 1 fully saturated rings. The first-order chi connectivity index (χ1) is 15.5. The number of hydrogen-bond donors (Lipinski definition) is 1. The van der Waals surface area contributed by atoms with Crippen LogP contribution in [-0.4, -0.2) is 49.0 Å². The summed E-state index contributed by atoms with van der Waals surface area (Å²) >= 11 is 0. The highest BCUT2D eigenvalue weighted by Gasteiger charge is 2.24. The van der Waals surface area contributed by atoms with Gasteiger partial charge in [0.25, 0.3) is 11.6 Å². The van der Waals surface area contributed by atoms with Crippen LogP contribution in [0.5, 0.6) is 0 Å². The van der Waals surface area contributed by atoms with E-state index in [-0.39, 0.29) is 17.2 Å². The molecule has 1 amide bonds. The molecule has 3 aromatic rings. The number of anilines is 2. The monoisotopic (exact) mass is 430 g/mol. The first kappa shape index (κ1) is 21.5. The third kappa shape index (κ3) is 4.95. The maximum Gasteiger partial charge on any atom is 0.293 e. The number of para-hydroxylation sites is 1. The summed E-state index contributed by atoms with van der Waals surface area (Å²) in [5.74, 6) is -0.362. The molecular formula is C25H26N4O3. The topological polar surface area (TPSA) is 78.7 Å². The van der Waals surface area contributed by atoms with Gasteiger partial charge in [-0.05, 0) is 42.8 Å². The summed E-state index contributed by atoms with van der Waals surface area (Å²) in [6.45, 7) is 3.13. The minimum atomic E-state index is -0.409. The highest BCUT2D eigenvalue weighted by atomic mass is 16.6. The highest BCUT2D eigenvalue weighted by Crippen LogP contribution is 2.30. The van der Waals surface area contributed by atoms with E-state index in [0.29, 0.717) is 17.8 Å². The van der Waals surface area contributed by atoms with Crippen molar-refractivity contribution in [1.82, 2.24) is 4.90 Å². The summed E-state index contributed by atoms with van der Waals surface area (Å²) in [7, 11) is 2.04. The Kier molecular flexibility index (Phi) is 6.47. The third-order valence-corrected chi connectivity index (χ3v) is 5.78. The van der Waals surface area contributed by atoms with Crippen LogP contribution in [-0.2, 0) is 6.42 Å². The molecule has 1 aliphatic rings. The number of rotatable bonds is 6. The van der Waals surface area contributed by atoms with Gasteiger partial charge in [-0.25, -0.2) is 0 Å². The van der Waals surface area contributed by atoms with E-state index in [1.54, 1.807) is 12.1 Å². The number of nitro groups is 1. The zero-order valence-electron chi connectivity index (χ0n) is 18.0. The van der Waals surface area contributed by atoms with Gasteiger partial charge in [-0.2, -0.15) is 0 Å². The van der Waals surface area contributed by atoms with Crippen molar-refractivity contribution < 1.29 is 9.72 Å². The van der Waals surface area contributed by atoms with Crippen molar-refractivity contribution in [1.29, 1.82) is 0 Å². The molecule has 1 aliphatic heterocycles. The molecule has 7 nitrogen and oxygen atoms in total. The van der Waals surface area contributed by atoms with E-state index in [4.69, 9.17) is 0 Å². The van der Waals surface area contributed by atoms with Gasteiger partial charge in [0.15, 0.2) is 0 Å². The van der Waals surface area contributed by atoms with E-state index in [1.807, 2.05) is 66.5 Å². The van der Waals surface area contributed by atoms with E-state index in [0.717, 1.165) is 37.3 Å². The Hall–Kier alpha value is -3.71. The summed E-state index contributed by atoms with van der Waals surface area (Å²) in [5.41, 5.74) is 3.61. The molecule has 0 spiro atoms. The lowest BCUT2D eigenvalue weighted by Gasteiger charge is -2.33. The molecular weight excluding hydrogens is 404 g/mol. The Morgan fingerprint density at radius 2 is 1.66 bits per heavy atom. The van der Waals surface area contributed by atoms with E-state index in [9.17, 15) is 14.9 Å². The molecule has 1 heterocycles. The Morgan fingerprint density at radius 3 is 2.38 bits per heavy atom. The van der Waals surface area contributed by atoms with Gasteiger partial charge in [-0.15, -0.1) is 0 Å². The Morgan fingerprint density at radius 1 is 0.969 bits per heavy atom.